The molecule has 1 aliphatic carbocycles. The summed E-state index contributed by atoms with van der Waals surface area (Å²) in [6, 6.07) is 7.75. The second-order valence-corrected chi connectivity index (χ2v) is 8.66. The van der Waals surface area contributed by atoms with Crippen LogP contribution in [0.4, 0.5) is 0 Å². The predicted octanol–water partition coefficient (Wildman–Crippen LogP) is 2.77. The fraction of sp³-hybridized carbons (Fsp3) is 0.625. The number of carbonyl (C=O) groups is 3. The zero-order chi connectivity index (χ0) is 22.4. The number of likely N-dealkylation sites (tertiary alicyclic amines) is 1. The third-order valence-electron chi connectivity index (χ3n) is 6.58. The highest BCUT2D eigenvalue weighted by molar-refractivity contribution is 5.88. The number of nitrogens with zero attached hydrogens (tertiary/aromatic N) is 1. The summed E-state index contributed by atoms with van der Waals surface area (Å²) in [5, 5.41) is 12.9. The molecule has 5 atom stereocenters. The highest BCUT2D eigenvalue weighted by atomic mass is 16.5. The normalized spacial score (nSPS) is 24.8. The van der Waals surface area contributed by atoms with Gasteiger partial charge in [-0.2, -0.15) is 0 Å². The smallest absolute Gasteiger partial charge is 0.326 e. The number of fused-ring (bicyclic) bond motifs is 1. The molecule has 0 bridgehead atoms. The third kappa shape index (κ3) is 5.64. The van der Waals surface area contributed by atoms with Crippen molar-refractivity contribution in [3.63, 3.8) is 0 Å². The van der Waals surface area contributed by atoms with E-state index in [4.69, 9.17) is 4.74 Å². The lowest BCUT2D eigenvalue weighted by Gasteiger charge is -2.35. The van der Waals surface area contributed by atoms with E-state index in [2.05, 4.69) is 5.32 Å². The van der Waals surface area contributed by atoms with Crippen molar-refractivity contribution < 1.29 is 24.2 Å². The Morgan fingerprint density at radius 2 is 1.90 bits per heavy atom. The quantitative estimate of drug-likeness (QED) is 0.585. The lowest BCUT2D eigenvalue weighted by Crippen LogP contribution is -2.55. The fourth-order valence-corrected chi connectivity index (χ4v) is 5.06. The van der Waals surface area contributed by atoms with Crippen molar-refractivity contribution in [3.05, 3.63) is 35.9 Å². The lowest BCUT2D eigenvalue weighted by atomic mass is 9.84. The number of rotatable bonds is 9. The summed E-state index contributed by atoms with van der Waals surface area (Å²) in [7, 11) is 0. The van der Waals surface area contributed by atoms with Crippen molar-refractivity contribution in [2.24, 2.45) is 5.92 Å². The van der Waals surface area contributed by atoms with E-state index in [1.807, 2.05) is 30.3 Å². The number of amides is 1. The summed E-state index contributed by atoms with van der Waals surface area (Å²) in [5.41, 5.74) is 1.10. The molecule has 170 valence electrons. The molecule has 1 aliphatic heterocycles. The van der Waals surface area contributed by atoms with Gasteiger partial charge < -0.3 is 14.7 Å². The van der Waals surface area contributed by atoms with Crippen molar-refractivity contribution in [2.45, 2.75) is 83.0 Å². The molecule has 0 unspecified atom stereocenters. The van der Waals surface area contributed by atoms with Crippen LogP contribution in [0.15, 0.2) is 30.3 Å². The Morgan fingerprint density at radius 1 is 1.19 bits per heavy atom. The molecule has 1 aromatic carbocycles. The van der Waals surface area contributed by atoms with E-state index in [0.717, 1.165) is 31.2 Å². The molecule has 3 rings (SSSR count). The first kappa shape index (κ1) is 23.3. The van der Waals surface area contributed by atoms with Crippen molar-refractivity contribution in [1.29, 1.82) is 0 Å². The first-order valence-corrected chi connectivity index (χ1v) is 11.4. The molecule has 1 saturated carbocycles. The van der Waals surface area contributed by atoms with Gasteiger partial charge in [-0.3, -0.25) is 14.9 Å². The minimum Gasteiger partial charge on any atom is -0.480 e. The number of carboxylic acid groups (broad SMARTS) is 1. The zero-order valence-corrected chi connectivity index (χ0v) is 18.5. The van der Waals surface area contributed by atoms with Gasteiger partial charge in [-0.25, -0.2) is 4.79 Å². The van der Waals surface area contributed by atoms with E-state index >= 15 is 0 Å². The summed E-state index contributed by atoms with van der Waals surface area (Å²) in [4.78, 5) is 39.3. The molecule has 1 heterocycles. The number of aliphatic carboxylic acids is 1. The van der Waals surface area contributed by atoms with E-state index in [0.29, 0.717) is 19.3 Å². The number of carboxylic acids is 1. The van der Waals surface area contributed by atoms with Crippen LogP contribution in [0.3, 0.4) is 0 Å². The van der Waals surface area contributed by atoms with Gasteiger partial charge in [0.2, 0.25) is 5.91 Å². The second-order valence-electron chi connectivity index (χ2n) is 8.66. The Hall–Kier alpha value is -2.41. The number of carbonyl (C=O) groups excluding carboxylic acids is 2. The van der Waals surface area contributed by atoms with Gasteiger partial charge in [0, 0.05) is 6.04 Å². The fourth-order valence-electron chi connectivity index (χ4n) is 5.06. The number of hydrogen-bond donors (Lipinski definition) is 2. The zero-order valence-electron chi connectivity index (χ0n) is 18.5. The minimum atomic E-state index is -0.944. The van der Waals surface area contributed by atoms with Crippen molar-refractivity contribution in [2.75, 3.05) is 6.61 Å². The molecule has 2 fully saturated rings. The highest BCUT2D eigenvalue weighted by Crippen LogP contribution is 2.40. The predicted molar refractivity (Wildman–Crippen MR) is 116 cm³/mol. The standard InChI is InChI=1S/C24H34N2O5/c1-3-31-24(30)19(14-13-17-9-5-4-6-10-17)25-16(2)22(27)26-20-12-8-7-11-18(20)15-21(26)23(28)29/h4-6,9-10,16,18-21,25H,3,7-8,11-15H2,1-2H3,(H,28,29)/t16-,18-,19+,20-,21-/m1/s1. The number of ether oxygens (including phenoxy) is 1. The van der Waals surface area contributed by atoms with Gasteiger partial charge >= 0.3 is 11.9 Å². The van der Waals surface area contributed by atoms with Crippen LogP contribution in [0.5, 0.6) is 0 Å². The van der Waals surface area contributed by atoms with E-state index in [9.17, 15) is 19.5 Å². The molecule has 7 nitrogen and oxygen atoms in total. The average Bonchev–Trinajstić information content (AvgIpc) is 3.16. The van der Waals surface area contributed by atoms with Crippen LogP contribution >= 0.6 is 0 Å². The van der Waals surface area contributed by atoms with E-state index in [1.54, 1.807) is 18.7 Å². The van der Waals surface area contributed by atoms with Gasteiger partial charge in [-0.05, 0) is 57.4 Å². The Bertz CT molecular complexity index is 768. The molecule has 1 amide bonds. The Morgan fingerprint density at radius 3 is 2.58 bits per heavy atom. The maximum absolute atomic E-state index is 13.4. The topological polar surface area (TPSA) is 95.9 Å². The van der Waals surface area contributed by atoms with Crippen LogP contribution in [0.1, 0.15) is 57.9 Å². The summed E-state index contributed by atoms with van der Waals surface area (Å²) < 4.78 is 5.22. The maximum Gasteiger partial charge on any atom is 0.326 e. The van der Waals surface area contributed by atoms with E-state index < -0.39 is 24.1 Å². The number of nitrogens with one attached hydrogen (secondary N) is 1. The van der Waals surface area contributed by atoms with Crippen LogP contribution in [-0.2, 0) is 25.5 Å². The molecule has 7 heteroatoms. The largest absolute Gasteiger partial charge is 0.480 e. The molecule has 0 spiro atoms. The van der Waals surface area contributed by atoms with Gasteiger partial charge in [0.25, 0.3) is 0 Å². The number of esters is 1. The van der Waals surface area contributed by atoms with Crippen molar-refractivity contribution >= 4 is 17.8 Å². The Labute approximate surface area is 184 Å². The van der Waals surface area contributed by atoms with Gasteiger partial charge in [0.1, 0.15) is 12.1 Å². The number of benzene rings is 1. The molecule has 1 saturated heterocycles. The van der Waals surface area contributed by atoms with Crippen LogP contribution in [0.25, 0.3) is 0 Å². The van der Waals surface area contributed by atoms with Gasteiger partial charge in [0.15, 0.2) is 0 Å². The summed E-state index contributed by atoms with van der Waals surface area (Å²) in [5.74, 6) is -1.31. The maximum atomic E-state index is 13.4. The third-order valence-corrected chi connectivity index (χ3v) is 6.58. The molecule has 0 radical (unpaired) electrons. The molecule has 31 heavy (non-hydrogen) atoms. The molecule has 2 aliphatic rings. The van der Waals surface area contributed by atoms with Gasteiger partial charge in [-0.1, -0.05) is 43.2 Å². The lowest BCUT2D eigenvalue weighted by molar-refractivity contribution is -0.152. The summed E-state index contributed by atoms with van der Waals surface area (Å²) >= 11 is 0. The van der Waals surface area contributed by atoms with Gasteiger partial charge in [0.05, 0.1) is 12.6 Å². The van der Waals surface area contributed by atoms with Crippen LogP contribution < -0.4 is 5.32 Å². The molecule has 1 aromatic rings. The van der Waals surface area contributed by atoms with E-state index in [-0.39, 0.29) is 30.4 Å². The van der Waals surface area contributed by atoms with Crippen LogP contribution in [0.2, 0.25) is 0 Å². The molecular weight excluding hydrogens is 396 g/mol. The van der Waals surface area contributed by atoms with Crippen molar-refractivity contribution in [1.82, 2.24) is 10.2 Å². The van der Waals surface area contributed by atoms with Crippen molar-refractivity contribution in [3.8, 4) is 0 Å². The average molecular weight is 431 g/mol. The Balaban J connectivity index is 1.70. The van der Waals surface area contributed by atoms with Crippen LogP contribution in [0, 0.1) is 5.92 Å². The van der Waals surface area contributed by atoms with Crippen LogP contribution in [-0.4, -0.2) is 58.6 Å². The summed E-state index contributed by atoms with van der Waals surface area (Å²) in [6.07, 6.45) is 5.62. The van der Waals surface area contributed by atoms with Gasteiger partial charge in [-0.15, -0.1) is 0 Å². The first-order valence-electron chi connectivity index (χ1n) is 11.4. The first-order chi connectivity index (χ1) is 14.9. The SMILES string of the molecule is CCOC(=O)[C@H](CCc1ccccc1)N[C@H](C)C(=O)N1[C@@H](C(=O)O)C[C@H]2CCCC[C@H]21. The number of aryl methyl sites for hydroxylation is 1. The monoisotopic (exact) mass is 430 g/mol. The van der Waals surface area contributed by atoms with E-state index in [1.165, 1.54) is 0 Å². The molecular formula is C24H34N2O5. The second kappa shape index (κ2) is 10.8. The molecule has 2 N–H and O–H groups in total. The Kier molecular flexibility index (Phi) is 8.07. The highest BCUT2D eigenvalue weighted by Gasteiger charge is 2.48. The minimum absolute atomic E-state index is 0.0167. The summed E-state index contributed by atoms with van der Waals surface area (Å²) in [6.45, 7) is 3.74. The number of hydrogen-bond acceptors (Lipinski definition) is 5. The molecule has 0 aromatic heterocycles.